The predicted molar refractivity (Wildman–Crippen MR) is 77.3 cm³/mol. The van der Waals surface area contributed by atoms with E-state index in [1.807, 2.05) is 0 Å². The molecule has 1 aromatic rings. The van der Waals surface area contributed by atoms with Gasteiger partial charge in [-0.25, -0.2) is 9.18 Å². The molecule has 2 N–H and O–H groups in total. The molecule has 0 aliphatic heterocycles. The van der Waals surface area contributed by atoms with Gasteiger partial charge in [0.15, 0.2) is 0 Å². The SMILES string of the molecule is CC(C)(C)OC(=O)NC(COc1ccc(F)cc1)CC(=O)O. The van der Waals surface area contributed by atoms with Gasteiger partial charge in [-0.15, -0.1) is 0 Å². The number of carboxylic acids is 1. The molecule has 0 radical (unpaired) electrons. The highest BCUT2D eigenvalue weighted by Gasteiger charge is 2.21. The lowest BCUT2D eigenvalue weighted by Gasteiger charge is -2.23. The van der Waals surface area contributed by atoms with Crippen LogP contribution >= 0.6 is 0 Å². The summed E-state index contributed by atoms with van der Waals surface area (Å²) in [5.41, 5.74) is -0.685. The summed E-state index contributed by atoms with van der Waals surface area (Å²) in [5.74, 6) is -1.10. The third-order valence-electron chi connectivity index (χ3n) is 2.41. The first-order valence-corrected chi connectivity index (χ1v) is 6.75. The third-order valence-corrected chi connectivity index (χ3v) is 2.41. The molecular weight excluding hydrogens is 293 g/mol. The van der Waals surface area contributed by atoms with E-state index in [-0.39, 0.29) is 13.0 Å². The lowest BCUT2D eigenvalue weighted by Crippen LogP contribution is -2.43. The van der Waals surface area contributed by atoms with Crippen LogP contribution in [0.4, 0.5) is 9.18 Å². The molecule has 6 nitrogen and oxygen atoms in total. The summed E-state index contributed by atoms with van der Waals surface area (Å²) < 4.78 is 23.2. The number of hydrogen-bond acceptors (Lipinski definition) is 4. The van der Waals surface area contributed by atoms with Crippen LogP contribution in [0.25, 0.3) is 0 Å². The number of nitrogens with one attached hydrogen (secondary N) is 1. The van der Waals surface area contributed by atoms with Crippen LogP contribution in [-0.4, -0.2) is 35.4 Å². The van der Waals surface area contributed by atoms with Crippen LogP contribution < -0.4 is 10.1 Å². The average Bonchev–Trinajstić information content (AvgIpc) is 2.34. The lowest BCUT2D eigenvalue weighted by atomic mass is 10.2. The highest BCUT2D eigenvalue weighted by Crippen LogP contribution is 2.12. The second-order valence-electron chi connectivity index (χ2n) is 5.71. The van der Waals surface area contributed by atoms with E-state index in [9.17, 15) is 14.0 Å². The molecule has 0 spiro atoms. The van der Waals surface area contributed by atoms with Gasteiger partial charge < -0.3 is 19.9 Å². The number of rotatable bonds is 6. The number of halogens is 1. The number of alkyl carbamates (subject to hydrolysis) is 1. The van der Waals surface area contributed by atoms with Crippen molar-refractivity contribution >= 4 is 12.1 Å². The molecule has 1 aromatic carbocycles. The molecule has 0 saturated heterocycles. The first-order valence-electron chi connectivity index (χ1n) is 6.75. The fraction of sp³-hybridized carbons (Fsp3) is 0.467. The van der Waals surface area contributed by atoms with Crippen LogP contribution in [0.1, 0.15) is 27.2 Å². The normalized spacial score (nSPS) is 12.4. The largest absolute Gasteiger partial charge is 0.491 e. The van der Waals surface area contributed by atoms with E-state index in [0.717, 1.165) is 0 Å². The Kier molecular flexibility index (Phi) is 6.15. The van der Waals surface area contributed by atoms with E-state index in [4.69, 9.17) is 14.6 Å². The zero-order valence-electron chi connectivity index (χ0n) is 12.8. The number of ether oxygens (including phenoxy) is 2. The molecular formula is C15H20FNO5. The second kappa shape index (κ2) is 7.63. The molecule has 7 heteroatoms. The average molecular weight is 313 g/mol. The fourth-order valence-corrected chi connectivity index (χ4v) is 1.56. The van der Waals surface area contributed by atoms with Crippen molar-refractivity contribution in [3.8, 4) is 5.75 Å². The van der Waals surface area contributed by atoms with E-state index in [0.29, 0.717) is 5.75 Å². The lowest BCUT2D eigenvalue weighted by molar-refractivity contribution is -0.137. The molecule has 0 bridgehead atoms. The van der Waals surface area contributed by atoms with Crippen LogP contribution in [0.3, 0.4) is 0 Å². The van der Waals surface area contributed by atoms with Crippen LogP contribution in [0.2, 0.25) is 0 Å². The minimum absolute atomic E-state index is 0.0722. The molecule has 1 amide bonds. The van der Waals surface area contributed by atoms with Crippen molar-refractivity contribution < 1.29 is 28.6 Å². The zero-order chi connectivity index (χ0) is 16.8. The summed E-state index contributed by atoms with van der Waals surface area (Å²) in [5, 5.41) is 11.3. The number of carbonyl (C=O) groups is 2. The number of benzene rings is 1. The van der Waals surface area contributed by atoms with Crippen LogP contribution in [-0.2, 0) is 9.53 Å². The Bertz CT molecular complexity index is 510. The van der Waals surface area contributed by atoms with Gasteiger partial charge in [0.05, 0.1) is 12.5 Å². The van der Waals surface area contributed by atoms with Crippen molar-refractivity contribution in [2.24, 2.45) is 0 Å². The van der Waals surface area contributed by atoms with Gasteiger partial charge in [0, 0.05) is 0 Å². The number of carbonyl (C=O) groups excluding carboxylic acids is 1. The maximum atomic E-state index is 12.8. The highest BCUT2D eigenvalue weighted by atomic mass is 19.1. The van der Waals surface area contributed by atoms with Crippen molar-refractivity contribution in [3.05, 3.63) is 30.1 Å². The Morgan fingerprint density at radius 1 is 1.27 bits per heavy atom. The second-order valence-corrected chi connectivity index (χ2v) is 5.71. The standard InChI is InChI=1S/C15H20FNO5/c1-15(2,3)22-14(20)17-11(8-13(18)19)9-21-12-6-4-10(16)5-7-12/h4-7,11H,8-9H2,1-3H3,(H,17,20)(H,18,19). The number of hydrogen-bond donors (Lipinski definition) is 2. The molecule has 0 aliphatic carbocycles. The van der Waals surface area contributed by atoms with Gasteiger partial charge in [-0.3, -0.25) is 4.79 Å². The molecule has 0 aliphatic rings. The Balaban J connectivity index is 2.58. The number of aliphatic carboxylic acids is 1. The van der Waals surface area contributed by atoms with E-state index >= 15 is 0 Å². The summed E-state index contributed by atoms with van der Waals surface area (Å²) in [4.78, 5) is 22.5. The quantitative estimate of drug-likeness (QED) is 0.843. The molecule has 0 aromatic heterocycles. The van der Waals surface area contributed by atoms with Gasteiger partial charge in [0.25, 0.3) is 0 Å². The third kappa shape index (κ3) is 7.47. The van der Waals surface area contributed by atoms with E-state index in [1.165, 1.54) is 24.3 Å². The highest BCUT2D eigenvalue weighted by molar-refractivity contribution is 5.71. The van der Waals surface area contributed by atoms with E-state index in [1.54, 1.807) is 20.8 Å². The van der Waals surface area contributed by atoms with Crippen molar-refractivity contribution in [1.82, 2.24) is 5.32 Å². The maximum absolute atomic E-state index is 12.8. The molecule has 0 heterocycles. The zero-order valence-corrected chi connectivity index (χ0v) is 12.8. The number of carboxylic acid groups (broad SMARTS) is 1. The molecule has 1 rings (SSSR count). The predicted octanol–water partition coefficient (Wildman–Crippen LogP) is 2.57. The topological polar surface area (TPSA) is 84.9 Å². The van der Waals surface area contributed by atoms with Crippen molar-refractivity contribution in [3.63, 3.8) is 0 Å². The Morgan fingerprint density at radius 3 is 2.36 bits per heavy atom. The Hall–Kier alpha value is -2.31. The van der Waals surface area contributed by atoms with Gasteiger partial charge in [-0.2, -0.15) is 0 Å². The Labute approximate surface area is 128 Å². The van der Waals surface area contributed by atoms with E-state index < -0.39 is 29.5 Å². The van der Waals surface area contributed by atoms with Crippen molar-refractivity contribution in [2.45, 2.75) is 38.8 Å². The summed E-state index contributed by atoms with van der Waals surface area (Å²) in [6.45, 7) is 5.03. The van der Waals surface area contributed by atoms with Crippen molar-refractivity contribution in [1.29, 1.82) is 0 Å². The molecule has 1 unspecified atom stereocenters. The maximum Gasteiger partial charge on any atom is 0.408 e. The fourth-order valence-electron chi connectivity index (χ4n) is 1.56. The van der Waals surface area contributed by atoms with Gasteiger partial charge in [0.2, 0.25) is 0 Å². The van der Waals surface area contributed by atoms with Gasteiger partial charge in [0.1, 0.15) is 23.8 Å². The molecule has 0 saturated carbocycles. The van der Waals surface area contributed by atoms with Crippen LogP contribution in [0, 0.1) is 5.82 Å². The van der Waals surface area contributed by atoms with Crippen LogP contribution in [0.5, 0.6) is 5.75 Å². The van der Waals surface area contributed by atoms with Crippen molar-refractivity contribution in [2.75, 3.05) is 6.61 Å². The summed E-state index contributed by atoms with van der Waals surface area (Å²) in [6, 6.07) is 4.52. The molecule has 122 valence electrons. The minimum atomic E-state index is -1.08. The van der Waals surface area contributed by atoms with Gasteiger partial charge in [-0.05, 0) is 45.0 Å². The monoisotopic (exact) mass is 313 g/mol. The minimum Gasteiger partial charge on any atom is -0.491 e. The smallest absolute Gasteiger partial charge is 0.408 e. The first kappa shape index (κ1) is 17.7. The summed E-state index contributed by atoms with van der Waals surface area (Å²) >= 11 is 0. The number of amides is 1. The molecule has 0 fully saturated rings. The summed E-state index contributed by atoms with van der Waals surface area (Å²) in [7, 11) is 0. The van der Waals surface area contributed by atoms with E-state index in [2.05, 4.69) is 5.32 Å². The van der Waals surface area contributed by atoms with Crippen LogP contribution in [0.15, 0.2) is 24.3 Å². The molecule has 22 heavy (non-hydrogen) atoms. The first-order chi connectivity index (χ1) is 10.2. The van der Waals surface area contributed by atoms with Gasteiger partial charge in [-0.1, -0.05) is 0 Å². The van der Waals surface area contributed by atoms with Gasteiger partial charge >= 0.3 is 12.1 Å². The Morgan fingerprint density at radius 2 is 1.86 bits per heavy atom. The molecule has 1 atom stereocenters. The summed E-state index contributed by atoms with van der Waals surface area (Å²) in [6.07, 6.45) is -1.04.